The highest BCUT2D eigenvalue weighted by atomic mass is 35.5. The van der Waals surface area contributed by atoms with Crippen molar-refractivity contribution in [1.82, 2.24) is 10.2 Å². The molecule has 160 valence electrons. The number of H-pyrrole nitrogens is 1. The maximum atomic E-state index is 12.8. The summed E-state index contributed by atoms with van der Waals surface area (Å²) in [6.07, 6.45) is 0. The van der Waals surface area contributed by atoms with Gasteiger partial charge >= 0.3 is 0 Å². The van der Waals surface area contributed by atoms with E-state index in [1.165, 1.54) is 45.2 Å². The summed E-state index contributed by atoms with van der Waals surface area (Å²) in [6, 6.07) is 12.6. The molecular formula is C21H19ClN4O4S. The van der Waals surface area contributed by atoms with E-state index in [1.807, 2.05) is 18.2 Å². The van der Waals surface area contributed by atoms with Crippen molar-refractivity contribution >= 4 is 35.1 Å². The Morgan fingerprint density at radius 2 is 1.87 bits per heavy atom. The number of halogens is 1. The van der Waals surface area contributed by atoms with Gasteiger partial charge < -0.3 is 19.5 Å². The van der Waals surface area contributed by atoms with Crippen molar-refractivity contribution in [1.29, 1.82) is 5.26 Å². The smallest absolute Gasteiger partial charge is 0.257 e. The first-order valence-corrected chi connectivity index (χ1v) is 10.3. The molecule has 0 aliphatic carbocycles. The second-order valence-electron chi connectivity index (χ2n) is 6.14. The third kappa shape index (κ3) is 4.87. The van der Waals surface area contributed by atoms with E-state index in [1.54, 1.807) is 6.07 Å². The lowest BCUT2D eigenvalue weighted by Crippen LogP contribution is -2.13. The fourth-order valence-electron chi connectivity index (χ4n) is 2.78. The van der Waals surface area contributed by atoms with E-state index >= 15 is 0 Å². The Hall–Kier alpha value is -3.35. The molecule has 1 heterocycles. The maximum absolute atomic E-state index is 12.8. The van der Waals surface area contributed by atoms with Gasteiger partial charge in [-0.25, -0.2) is 0 Å². The molecular weight excluding hydrogens is 440 g/mol. The van der Waals surface area contributed by atoms with Gasteiger partial charge in [-0.05, 0) is 23.8 Å². The van der Waals surface area contributed by atoms with Gasteiger partial charge in [0, 0.05) is 16.3 Å². The first-order valence-electron chi connectivity index (χ1n) is 8.98. The number of hydrogen-bond donors (Lipinski definition) is 2. The average molecular weight is 459 g/mol. The van der Waals surface area contributed by atoms with Gasteiger partial charge in [0.1, 0.15) is 22.5 Å². The van der Waals surface area contributed by atoms with Crippen LogP contribution in [-0.4, -0.2) is 37.4 Å². The largest absolute Gasteiger partial charge is 0.493 e. The second-order valence-corrected chi connectivity index (χ2v) is 7.51. The Kier molecular flexibility index (Phi) is 7.28. The van der Waals surface area contributed by atoms with Crippen LogP contribution in [0, 0.1) is 11.3 Å². The number of rotatable bonds is 8. The van der Waals surface area contributed by atoms with Crippen LogP contribution in [0.4, 0.5) is 5.82 Å². The molecule has 0 spiro atoms. The Bertz CT molecular complexity index is 1120. The number of nitrogens with one attached hydrogen (secondary N) is 2. The lowest BCUT2D eigenvalue weighted by molar-refractivity contribution is 0.102. The lowest BCUT2D eigenvalue weighted by Gasteiger charge is -2.13. The molecule has 2 aromatic carbocycles. The van der Waals surface area contributed by atoms with Crippen molar-refractivity contribution in [2.24, 2.45) is 0 Å². The molecule has 0 saturated heterocycles. The van der Waals surface area contributed by atoms with Crippen LogP contribution in [0.25, 0.3) is 0 Å². The number of carbonyl (C=O) groups excluding carboxylic acids is 1. The van der Waals surface area contributed by atoms with Gasteiger partial charge in [-0.3, -0.25) is 9.89 Å². The molecule has 0 radical (unpaired) electrons. The normalized spacial score (nSPS) is 10.3. The van der Waals surface area contributed by atoms with Crippen LogP contribution in [0.15, 0.2) is 41.4 Å². The molecule has 1 aromatic heterocycles. The van der Waals surface area contributed by atoms with E-state index in [0.717, 1.165) is 5.56 Å². The Morgan fingerprint density at radius 3 is 2.45 bits per heavy atom. The number of aromatic amines is 1. The van der Waals surface area contributed by atoms with Gasteiger partial charge in [0.2, 0.25) is 5.75 Å². The van der Waals surface area contributed by atoms with E-state index in [9.17, 15) is 10.1 Å². The third-order valence-corrected chi connectivity index (χ3v) is 5.73. The van der Waals surface area contributed by atoms with Crippen LogP contribution in [0.5, 0.6) is 17.2 Å². The molecule has 0 unspecified atom stereocenters. The van der Waals surface area contributed by atoms with Crippen LogP contribution in [0.2, 0.25) is 5.02 Å². The van der Waals surface area contributed by atoms with E-state index in [0.29, 0.717) is 33.0 Å². The van der Waals surface area contributed by atoms with Crippen molar-refractivity contribution in [3.8, 4) is 23.3 Å². The monoisotopic (exact) mass is 458 g/mol. The zero-order valence-electron chi connectivity index (χ0n) is 17.0. The fraction of sp³-hybridized carbons (Fsp3) is 0.190. The van der Waals surface area contributed by atoms with Crippen LogP contribution in [0.1, 0.15) is 21.5 Å². The Balaban J connectivity index is 1.81. The summed E-state index contributed by atoms with van der Waals surface area (Å²) in [6.45, 7) is 0. The van der Waals surface area contributed by atoms with Gasteiger partial charge in [-0.2, -0.15) is 10.4 Å². The number of aromatic nitrogens is 2. The summed E-state index contributed by atoms with van der Waals surface area (Å²) < 4.78 is 15.8. The number of anilines is 1. The van der Waals surface area contributed by atoms with Crippen molar-refractivity contribution in [3.05, 3.63) is 58.1 Å². The van der Waals surface area contributed by atoms with E-state index in [-0.39, 0.29) is 16.9 Å². The number of benzene rings is 2. The van der Waals surface area contributed by atoms with Crippen LogP contribution >= 0.6 is 23.4 Å². The molecule has 1 amide bonds. The second kappa shape index (κ2) is 10.1. The Morgan fingerprint density at radius 1 is 1.19 bits per heavy atom. The number of methoxy groups -OCH3 is 3. The van der Waals surface area contributed by atoms with Crippen molar-refractivity contribution in [2.75, 3.05) is 26.6 Å². The van der Waals surface area contributed by atoms with Gasteiger partial charge in [-0.1, -0.05) is 41.6 Å². The highest BCUT2D eigenvalue weighted by molar-refractivity contribution is 7.98. The summed E-state index contributed by atoms with van der Waals surface area (Å²) in [5.41, 5.74) is 1.42. The summed E-state index contributed by atoms with van der Waals surface area (Å²) in [5, 5.41) is 20.2. The predicted octanol–water partition coefficient (Wildman–Crippen LogP) is 4.51. The molecule has 2 N–H and O–H groups in total. The van der Waals surface area contributed by atoms with Gasteiger partial charge in [0.25, 0.3) is 5.91 Å². The number of ether oxygens (including phenoxy) is 3. The minimum Gasteiger partial charge on any atom is -0.493 e. The quantitative estimate of drug-likeness (QED) is 0.478. The predicted molar refractivity (Wildman–Crippen MR) is 118 cm³/mol. The van der Waals surface area contributed by atoms with Crippen LogP contribution in [-0.2, 0) is 5.75 Å². The number of hydrogen-bond acceptors (Lipinski definition) is 7. The van der Waals surface area contributed by atoms with Gasteiger partial charge in [0.05, 0.1) is 21.3 Å². The number of nitrogens with zero attached hydrogens (tertiary/aromatic N) is 2. The molecule has 3 rings (SSSR count). The molecule has 0 aliphatic heterocycles. The fourth-order valence-corrected chi connectivity index (χ4v) is 4.01. The van der Waals surface area contributed by atoms with Gasteiger partial charge in [-0.15, -0.1) is 0 Å². The number of carbonyl (C=O) groups is 1. The zero-order valence-corrected chi connectivity index (χ0v) is 18.6. The van der Waals surface area contributed by atoms with E-state index < -0.39 is 5.91 Å². The van der Waals surface area contributed by atoms with E-state index in [4.69, 9.17) is 25.8 Å². The molecule has 0 fully saturated rings. The molecule has 10 heteroatoms. The minimum absolute atomic E-state index is 0.197. The highest BCUT2D eigenvalue weighted by Crippen LogP contribution is 2.38. The molecule has 31 heavy (non-hydrogen) atoms. The molecule has 0 saturated carbocycles. The minimum atomic E-state index is -0.470. The summed E-state index contributed by atoms with van der Waals surface area (Å²) in [5.74, 6) is 1.31. The molecule has 8 nitrogen and oxygen atoms in total. The molecule has 0 atom stereocenters. The van der Waals surface area contributed by atoms with Crippen LogP contribution in [0.3, 0.4) is 0 Å². The summed E-state index contributed by atoms with van der Waals surface area (Å²) in [7, 11) is 4.40. The molecule has 0 bridgehead atoms. The zero-order chi connectivity index (χ0) is 22.4. The van der Waals surface area contributed by atoms with Gasteiger partial charge in [0.15, 0.2) is 11.5 Å². The number of nitriles is 1. The first kappa shape index (κ1) is 22.3. The average Bonchev–Trinajstić information content (AvgIpc) is 3.18. The lowest BCUT2D eigenvalue weighted by atomic mass is 10.1. The van der Waals surface area contributed by atoms with Crippen LogP contribution < -0.4 is 19.5 Å². The van der Waals surface area contributed by atoms with Crippen molar-refractivity contribution in [2.45, 2.75) is 10.8 Å². The van der Waals surface area contributed by atoms with Crippen molar-refractivity contribution in [3.63, 3.8) is 0 Å². The highest BCUT2D eigenvalue weighted by Gasteiger charge is 2.20. The standard InChI is InChI=1S/C21H19ClN4O4S/c1-28-16-8-13(9-17(29-2)18(16)30-3)20(27)24-19-14(10-23)21(26-25-19)31-11-12-6-4-5-7-15(12)22/h4-9H,11H2,1-3H3,(H2,24,25,26,27). The SMILES string of the molecule is COc1cc(C(=O)Nc2[nH]nc(SCc3ccccc3Cl)c2C#N)cc(OC)c1OC. The topological polar surface area (TPSA) is 109 Å². The number of thioether (sulfide) groups is 1. The van der Waals surface area contributed by atoms with Crippen molar-refractivity contribution < 1.29 is 19.0 Å². The first-order chi connectivity index (χ1) is 15.0. The molecule has 3 aromatic rings. The molecule has 0 aliphatic rings. The number of amides is 1. The Labute approximate surface area is 188 Å². The maximum Gasteiger partial charge on any atom is 0.257 e. The third-order valence-electron chi connectivity index (χ3n) is 4.33. The summed E-state index contributed by atoms with van der Waals surface area (Å²) >= 11 is 7.53. The summed E-state index contributed by atoms with van der Waals surface area (Å²) in [4.78, 5) is 12.8. The van der Waals surface area contributed by atoms with E-state index in [2.05, 4.69) is 21.6 Å².